The molecule has 0 radical (unpaired) electrons. The molecule has 0 aliphatic heterocycles. The minimum atomic E-state index is -0.106. The highest BCUT2D eigenvalue weighted by Crippen LogP contribution is 2.67. The lowest BCUT2D eigenvalue weighted by molar-refractivity contribution is -0.0458. The summed E-state index contributed by atoms with van der Waals surface area (Å²) in [6.45, 7) is 7.67. The quantitative estimate of drug-likeness (QED) is 0.566. The predicted octanol–water partition coefficient (Wildman–Crippen LogP) is 6.04. The second-order valence-corrected chi connectivity index (χ2v) is 10.9. The van der Waals surface area contributed by atoms with E-state index in [1.165, 1.54) is 44.9 Å². The van der Waals surface area contributed by atoms with Gasteiger partial charge < -0.3 is 10.2 Å². The Morgan fingerprint density at radius 2 is 1.96 bits per heavy atom. The molecule has 7 atom stereocenters. The molecule has 2 heteroatoms. The average Bonchev–Trinajstić information content (AvgIpc) is 3.03. The summed E-state index contributed by atoms with van der Waals surface area (Å²) in [5.74, 6) is 3.16. The van der Waals surface area contributed by atoms with Gasteiger partial charge in [-0.1, -0.05) is 50.5 Å². The van der Waals surface area contributed by atoms with E-state index in [0.717, 1.165) is 43.4 Å². The van der Waals surface area contributed by atoms with Crippen molar-refractivity contribution in [2.45, 2.75) is 97.5 Å². The number of hydrogen-bond donors (Lipinski definition) is 2. The van der Waals surface area contributed by atoms with Crippen LogP contribution < -0.4 is 0 Å². The van der Waals surface area contributed by atoms with E-state index in [1.54, 1.807) is 11.1 Å². The summed E-state index contributed by atoms with van der Waals surface area (Å²) in [6.07, 6.45) is 17.9. The van der Waals surface area contributed by atoms with E-state index >= 15 is 0 Å². The van der Waals surface area contributed by atoms with Crippen LogP contribution in [0.1, 0.15) is 91.4 Å². The summed E-state index contributed by atoms with van der Waals surface area (Å²) in [5.41, 5.74) is 3.90. The molecule has 3 fully saturated rings. The average molecular weight is 387 g/mol. The van der Waals surface area contributed by atoms with E-state index in [1.807, 2.05) is 0 Å². The Hall–Kier alpha value is -0.600. The number of allylic oxidation sites excluding steroid dienone is 2. The summed E-state index contributed by atoms with van der Waals surface area (Å²) in [4.78, 5) is 0. The molecule has 4 rings (SSSR count). The first-order chi connectivity index (χ1) is 13.4. The van der Waals surface area contributed by atoms with E-state index in [9.17, 15) is 10.2 Å². The smallest absolute Gasteiger partial charge is 0.0577 e. The first-order valence-corrected chi connectivity index (χ1v) is 12.1. The number of fused-ring (bicyclic) bond motifs is 5. The third-order valence-electron chi connectivity index (χ3n) is 9.62. The van der Waals surface area contributed by atoms with Gasteiger partial charge in [0.1, 0.15) is 0 Å². The molecule has 0 bridgehead atoms. The fourth-order valence-electron chi connectivity index (χ4n) is 8.13. The number of hydrogen-bond acceptors (Lipinski definition) is 2. The molecule has 0 saturated heterocycles. The van der Waals surface area contributed by atoms with Crippen molar-refractivity contribution < 1.29 is 10.2 Å². The molecule has 158 valence electrons. The fraction of sp³-hybridized carbons (Fsp3) is 0.846. The van der Waals surface area contributed by atoms with Gasteiger partial charge in [-0.2, -0.15) is 0 Å². The maximum absolute atomic E-state index is 10.2. The first-order valence-electron chi connectivity index (χ1n) is 12.1. The fourth-order valence-corrected chi connectivity index (χ4v) is 8.13. The molecule has 2 N–H and O–H groups in total. The molecule has 0 unspecified atom stereocenters. The molecule has 4 aliphatic rings. The van der Waals surface area contributed by atoms with Crippen LogP contribution in [-0.4, -0.2) is 22.9 Å². The maximum Gasteiger partial charge on any atom is 0.0577 e. The Kier molecular flexibility index (Phi) is 5.84. The van der Waals surface area contributed by atoms with Crippen LogP contribution >= 0.6 is 0 Å². The molecule has 2 nitrogen and oxygen atoms in total. The Balaban J connectivity index is 1.60. The van der Waals surface area contributed by atoms with Crippen LogP contribution in [0.2, 0.25) is 0 Å². The minimum absolute atomic E-state index is 0.106. The summed E-state index contributed by atoms with van der Waals surface area (Å²) in [7, 11) is 0. The minimum Gasteiger partial charge on any atom is -0.396 e. The van der Waals surface area contributed by atoms with Crippen molar-refractivity contribution in [2.75, 3.05) is 6.61 Å². The van der Waals surface area contributed by atoms with Gasteiger partial charge in [0.2, 0.25) is 0 Å². The number of unbranched alkanes of at least 4 members (excludes halogenated alkanes) is 1. The van der Waals surface area contributed by atoms with Crippen molar-refractivity contribution in [2.24, 2.45) is 34.5 Å². The zero-order valence-corrected chi connectivity index (χ0v) is 18.4. The zero-order valence-electron chi connectivity index (χ0n) is 18.4. The molecule has 0 heterocycles. The Morgan fingerprint density at radius 3 is 2.71 bits per heavy atom. The maximum atomic E-state index is 10.2. The molecule has 3 saturated carbocycles. The van der Waals surface area contributed by atoms with E-state index < -0.39 is 0 Å². The Bertz CT molecular complexity index is 634. The molecule has 0 spiro atoms. The highest BCUT2D eigenvalue weighted by atomic mass is 16.3. The Morgan fingerprint density at radius 1 is 1.14 bits per heavy atom. The van der Waals surface area contributed by atoms with Gasteiger partial charge >= 0.3 is 0 Å². The summed E-state index contributed by atoms with van der Waals surface area (Å²) in [5, 5.41) is 19.9. The van der Waals surface area contributed by atoms with Crippen molar-refractivity contribution in [3.63, 3.8) is 0 Å². The van der Waals surface area contributed by atoms with E-state index in [0.29, 0.717) is 23.4 Å². The zero-order chi connectivity index (χ0) is 19.9. The summed E-state index contributed by atoms with van der Waals surface area (Å²) >= 11 is 0. The highest BCUT2D eigenvalue weighted by Gasteiger charge is 2.58. The van der Waals surface area contributed by atoms with Crippen LogP contribution in [0.15, 0.2) is 23.3 Å². The third kappa shape index (κ3) is 3.23. The molecule has 0 aromatic carbocycles. The van der Waals surface area contributed by atoms with Gasteiger partial charge in [0, 0.05) is 6.61 Å². The van der Waals surface area contributed by atoms with Gasteiger partial charge in [-0.05, 0) is 98.7 Å². The second-order valence-electron chi connectivity index (χ2n) is 10.9. The van der Waals surface area contributed by atoms with Crippen molar-refractivity contribution >= 4 is 0 Å². The molecule has 28 heavy (non-hydrogen) atoms. The molecule has 0 aromatic rings. The topological polar surface area (TPSA) is 40.5 Å². The summed E-state index contributed by atoms with van der Waals surface area (Å²) in [6, 6.07) is 0. The standard InChI is InChI=1S/C26H42O2/c1-4-5-6-18(13-16-27)22-9-10-23-21-8-7-19-17-20(28)11-14-25(19,2)24(21)12-15-26(22,23)3/h6-7,20-24,27-28H,4-5,8-17H2,1-3H3/b18-6+/t20-,21-,22+,23-,24-,25-,26+/m0/s1. The predicted molar refractivity (Wildman–Crippen MR) is 116 cm³/mol. The first kappa shape index (κ1) is 20.7. The lowest BCUT2D eigenvalue weighted by Gasteiger charge is -2.58. The van der Waals surface area contributed by atoms with Crippen LogP contribution in [0.5, 0.6) is 0 Å². The van der Waals surface area contributed by atoms with Crippen molar-refractivity contribution in [3.05, 3.63) is 23.3 Å². The largest absolute Gasteiger partial charge is 0.396 e. The number of rotatable bonds is 5. The van der Waals surface area contributed by atoms with Gasteiger partial charge in [0.05, 0.1) is 6.10 Å². The monoisotopic (exact) mass is 386 g/mol. The number of aliphatic hydroxyl groups is 2. The molecular weight excluding hydrogens is 344 g/mol. The van der Waals surface area contributed by atoms with Gasteiger partial charge in [-0.3, -0.25) is 0 Å². The molecule has 0 aromatic heterocycles. The van der Waals surface area contributed by atoms with Gasteiger partial charge in [0.25, 0.3) is 0 Å². The normalized spacial score (nSPS) is 45.8. The van der Waals surface area contributed by atoms with Gasteiger partial charge in [-0.25, -0.2) is 0 Å². The summed E-state index contributed by atoms with van der Waals surface area (Å²) < 4.78 is 0. The van der Waals surface area contributed by atoms with Crippen LogP contribution in [0.3, 0.4) is 0 Å². The van der Waals surface area contributed by atoms with Gasteiger partial charge in [0.15, 0.2) is 0 Å². The van der Waals surface area contributed by atoms with Crippen LogP contribution in [0, 0.1) is 34.5 Å². The van der Waals surface area contributed by atoms with E-state index in [-0.39, 0.29) is 6.10 Å². The molecular formula is C26H42O2. The van der Waals surface area contributed by atoms with Crippen molar-refractivity contribution in [1.82, 2.24) is 0 Å². The van der Waals surface area contributed by atoms with Crippen molar-refractivity contribution in [3.8, 4) is 0 Å². The lowest BCUT2D eigenvalue weighted by Crippen LogP contribution is -2.50. The van der Waals surface area contributed by atoms with Crippen molar-refractivity contribution in [1.29, 1.82) is 0 Å². The molecule has 0 amide bonds. The number of aliphatic hydroxyl groups excluding tert-OH is 2. The Labute approximate surface area is 172 Å². The van der Waals surface area contributed by atoms with Crippen LogP contribution in [0.4, 0.5) is 0 Å². The van der Waals surface area contributed by atoms with Gasteiger partial charge in [-0.15, -0.1) is 0 Å². The lowest BCUT2D eigenvalue weighted by atomic mass is 9.47. The van der Waals surface area contributed by atoms with Crippen LogP contribution in [0.25, 0.3) is 0 Å². The SMILES string of the molecule is CCC/C=C(\CCO)[C@H]1CC[C@H]2[C@@H]3CC=C4C[C@@H](O)CC[C@]4(C)[C@H]3CC[C@]12C. The highest BCUT2D eigenvalue weighted by molar-refractivity contribution is 5.26. The molecule has 4 aliphatic carbocycles. The second kappa shape index (κ2) is 7.91. The van der Waals surface area contributed by atoms with Crippen LogP contribution in [-0.2, 0) is 0 Å². The third-order valence-corrected chi connectivity index (χ3v) is 9.62. The van der Waals surface area contributed by atoms with E-state index in [2.05, 4.69) is 32.9 Å². The van der Waals surface area contributed by atoms with E-state index in [4.69, 9.17) is 0 Å².